The van der Waals surface area contributed by atoms with Crippen LogP contribution in [0, 0.1) is 0 Å². The van der Waals surface area contributed by atoms with E-state index in [1.165, 1.54) is 26.4 Å². The van der Waals surface area contributed by atoms with Crippen molar-refractivity contribution in [3.8, 4) is 0 Å². The molecule has 0 saturated heterocycles. The molecule has 70 valence electrons. The summed E-state index contributed by atoms with van der Waals surface area (Å²) in [7, 11) is 2.52. The van der Waals surface area contributed by atoms with Crippen LogP contribution in [0.5, 0.6) is 0 Å². The number of carbonyl (C=O) groups is 2. The van der Waals surface area contributed by atoms with Crippen molar-refractivity contribution in [2.75, 3.05) is 14.2 Å². The third-order valence-electron chi connectivity index (χ3n) is 1.63. The summed E-state index contributed by atoms with van der Waals surface area (Å²) in [5.74, 6) is -1.07. The van der Waals surface area contributed by atoms with E-state index in [2.05, 4.69) is 9.47 Å². The fourth-order valence-corrected chi connectivity index (χ4v) is 0.996. The minimum Gasteiger partial charge on any atom is -0.475 e. The second kappa shape index (κ2) is 5.90. The molecule has 0 spiro atoms. The molecule has 14 heavy (non-hydrogen) atoms. The zero-order valence-electron chi connectivity index (χ0n) is 8.37. The predicted molar refractivity (Wildman–Crippen MR) is 44.7 cm³/mol. The van der Waals surface area contributed by atoms with Crippen LogP contribution < -0.4 is 29.6 Å². The van der Waals surface area contributed by atoms with Crippen LogP contribution in [-0.4, -0.2) is 26.2 Å². The zero-order valence-corrected chi connectivity index (χ0v) is 10.4. The second-order valence-electron chi connectivity index (χ2n) is 2.34. The molecule has 1 rings (SSSR count). The molecule has 0 fully saturated rings. The maximum Gasteiger partial charge on any atom is 1.00 e. The van der Waals surface area contributed by atoms with Crippen molar-refractivity contribution in [3.63, 3.8) is 0 Å². The van der Waals surface area contributed by atoms with Crippen molar-refractivity contribution in [2.24, 2.45) is 0 Å². The van der Waals surface area contributed by atoms with Gasteiger partial charge in [0.1, 0.15) is 0 Å². The molecule has 0 bridgehead atoms. The molecule has 0 aliphatic heterocycles. The summed E-state index contributed by atoms with van der Waals surface area (Å²) >= 11 is 0. The summed E-state index contributed by atoms with van der Waals surface area (Å²) in [6, 6.07) is 4.62. The number of carbonyl (C=O) groups excluding carboxylic acids is 2. The van der Waals surface area contributed by atoms with Crippen molar-refractivity contribution in [1.82, 2.24) is 0 Å². The monoisotopic (exact) mass is 204 g/mol. The van der Waals surface area contributed by atoms with E-state index in [-0.39, 0.29) is 40.7 Å². The Balaban J connectivity index is 0.00000169. The van der Waals surface area contributed by atoms with Gasteiger partial charge in [0.25, 0.3) is 11.9 Å². The molecule has 0 aliphatic rings. The van der Waals surface area contributed by atoms with Crippen molar-refractivity contribution in [3.05, 3.63) is 29.3 Å². The number of ether oxygens (including phenoxy) is 2. The number of methoxy groups -OCH3 is 2. The Morgan fingerprint density at radius 2 is 1.43 bits per heavy atom. The van der Waals surface area contributed by atoms with Gasteiger partial charge in [0, 0.05) is 0 Å². The van der Waals surface area contributed by atoms with Crippen LogP contribution in [-0.2, 0) is 9.47 Å². The zero-order chi connectivity index (χ0) is 9.84. The number of hydrogen-bond donors (Lipinski definition) is 0. The Labute approximate surface area is 104 Å². The van der Waals surface area contributed by atoms with Gasteiger partial charge in [-0.05, 0) is 0 Å². The fourth-order valence-electron chi connectivity index (χ4n) is 0.996. The van der Waals surface area contributed by atoms with E-state index in [0.717, 1.165) is 0 Å². The average molecular weight is 204 g/mol. The molecule has 1 aromatic rings. The van der Waals surface area contributed by atoms with Crippen molar-refractivity contribution in [1.29, 1.82) is 0 Å². The molecule has 0 saturated carbocycles. The summed E-state index contributed by atoms with van der Waals surface area (Å²) in [5.41, 5.74) is 0.462. The van der Waals surface area contributed by atoms with E-state index in [1.54, 1.807) is 6.07 Å². The molecule has 0 atom stereocenters. The summed E-state index contributed by atoms with van der Waals surface area (Å²) in [5, 5.41) is 0. The van der Waals surface area contributed by atoms with Gasteiger partial charge in [0.2, 0.25) is 0 Å². The number of hydrogen-bond acceptors (Lipinski definition) is 4. The van der Waals surface area contributed by atoms with Gasteiger partial charge in [0.05, 0.1) is 14.2 Å². The van der Waals surface area contributed by atoms with E-state index >= 15 is 0 Å². The van der Waals surface area contributed by atoms with Gasteiger partial charge in [-0.3, -0.25) is 9.59 Å². The molecule has 0 aromatic heterocycles. The summed E-state index contributed by atoms with van der Waals surface area (Å²) < 4.78 is 8.97. The van der Waals surface area contributed by atoms with Gasteiger partial charge in [0.15, 0.2) is 0 Å². The van der Waals surface area contributed by atoms with E-state index in [1.807, 2.05) is 0 Å². The maximum atomic E-state index is 11.1. The summed E-state index contributed by atoms with van der Waals surface area (Å²) in [6.45, 7) is 0. The van der Waals surface area contributed by atoms with Crippen LogP contribution in [0.3, 0.4) is 0 Å². The Morgan fingerprint density at radius 1 is 1.07 bits per heavy atom. The van der Waals surface area contributed by atoms with Crippen molar-refractivity contribution < 1.29 is 48.6 Å². The van der Waals surface area contributed by atoms with Gasteiger partial charge < -0.3 is 9.47 Å². The standard InChI is InChI=1S/C9H9O4.Na/c1-12-8(10)6-4-3-5-7(6)9(11)13-2;/h3-5H,1-2H3;/q-1;+1. The Kier molecular flexibility index (Phi) is 5.60. The smallest absolute Gasteiger partial charge is 0.475 e. The SMILES string of the molecule is COC(=O)c1c[cH-]cc1C(=O)OC.[Na+]. The predicted octanol–water partition coefficient (Wildman–Crippen LogP) is -2.02. The Bertz CT molecular complexity index is 299. The topological polar surface area (TPSA) is 52.6 Å². The average Bonchev–Trinajstić information content (AvgIpc) is 2.63. The first kappa shape index (κ1) is 13.3. The molecule has 1 aromatic carbocycles. The largest absolute Gasteiger partial charge is 1.00 e. The van der Waals surface area contributed by atoms with Crippen LogP contribution in [0.4, 0.5) is 0 Å². The molecule has 0 aliphatic carbocycles. The molecule has 5 heteroatoms. The third kappa shape index (κ3) is 2.64. The van der Waals surface area contributed by atoms with Gasteiger partial charge in [-0.25, -0.2) is 0 Å². The van der Waals surface area contributed by atoms with Gasteiger partial charge in [-0.2, -0.15) is 18.2 Å². The van der Waals surface area contributed by atoms with Crippen molar-refractivity contribution >= 4 is 11.9 Å². The van der Waals surface area contributed by atoms with Crippen LogP contribution >= 0.6 is 0 Å². The quantitative estimate of drug-likeness (QED) is 0.317. The first-order valence-electron chi connectivity index (χ1n) is 3.63. The minimum atomic E-state index is -0.537. The molecule has 0 unspecified atom stereocenters. The Morgan fingerprint density at radius 3 is 1.71 bits per heavy atom. The third-order valence-corrected chi connectivity index (χ3v) is 1.63. The van der Waals surface area contributed by atoms with E-state index in [4.69, 9.17) is 0 Å². The second-order valence-corrected chi connectivity index (χ2v) is 2.34. The minimum absolute atomic E-state index is 0. The normalized spacial score (nSPS) is 8.71. The van der Waals surface area contributed by atoms with Gasteiger partial charge in [-0.1, -0.05) is 11.1 Å². The fraction of sp³-hybridized carbons (Fsp3) is 0.222. The van der Waals surface area contributed by atoms with Crippen LogP contribution in [0.1, 0.15) is 20.7 Å². The van der Waals surface area contributed by atoms with E-state index in [0.29, 0.717) is 0 Å². The van der Waals surface area contributed by atoms with Crippen molar-refractivity contribution in [2.45, 2.75) is 0 Å². The summed E-state index contributed by atoms with van der Waals surface area (Å²) in [6.07, 6.45) is 0. The van der Waals surface area contributed by atoms with E-state index in [9.17, 15) is 9.59 Å². The number of rotatable bonds is 2. The first-order chi connectivity index (χ1) is 6.20. The molecular formula is C9H9NaO4. The van der Waals surface area contributed by atoms with Gasteiger partial charge >= 0.3 is 29.6 Å². The van der Waals surface area contributed by atoms with Crippen LogP contribution in [0.25, 0.3) is 0 Å². The molecule has 0 radical (unpaired) electrons. The number of esters is 2. The summed E-state index contributed by atoms with van der Waals surface area (Å²) in [4.78, 5) is 22.2. The van der Waals surface area contributed by atoms with Crippen LogP contribution in [0.15, 0.2) is 18.2 Å². The molecule has 0 N–H and O–H groups in total. The Hall–Kier alpha value is -0.710. The van der Waals surface area contributed by atoms with E-state index < -0.39 is 11.9 Å². The maximum absolute atomic E-state index is 11.1. The van der Waals surface area contributed by atoms with Gasteiger partial charge in [-0.15, -0.1) is 0 Å². The molecule has 4 nitrogen and oxygen atoms in total. The molecular weight excluding hydrogens is 195 g/mol. The first-order valence-corrected chi connectivity index (χ1v) is 3.63. The molecule has 0 heterocycles. The van der Waals surface area contributed by atoms with Crippen LogP contribution in [0.2, 0.25) is 0 Å². The molecule has 0 amide bonds.